The van der Waals surface area contributed by atoms with E-state index >= 15 is 0 Å². The Morgan fingerprint density at radius 1 is 1.33 bits per heavy atom. The average Bonchev–Trinajstić information content (AvgIpc) is 2.31. The lowest BCUT2D eigenvalue weighted by Gasteiger charge is -2.30. The summed E-state index contributed by atoms with van der Waals surface area (Å²) in [5, 5.41) is 0. The van der Waals surface area contributed by atoms with E-state index in [-0.39, 0.29) is 5.41 Å². The summed E-state index contributed by atoms with van der Waals surface area (Å²) in [6.07, 6.45) is 0.977. The highest BCUT2D eigenvalue weighted by atomic mass is 32.1. The molecule has 2 N–H and O–H groups in total. The second kappa shape index (κ2) is 6.19. The molecule has 0 radical (unpaired) electrons. The summed E-state index contributed by atoms with van der Waals surface area (Å²) in [4.78, 5) is 2.98. The molecule has 18 heavy (non-hydrogen) atoms. The number of benzene rings is 1. The van der Waals surface area contributed by atoms with Gasteiger partial charge in [-0.25, -0.2) is 0 Å². The minimum absolute atomic E-state index is 0.0779. The highest BCUT2D eigenvalue weighted by Gasteiger charge is 2.22. The number of rotatable bonds is 6. The van der Waals surface area contributed by atoms with Crippen LogP contribution in [-0.2, 0) is 0 Å². The number of para-hydroxylation sites is 1. The molecular formula is C15H24N2S. The van der Waals surface area contributed by atoms with Crippen molar-refractivity contribution in [1.82, 2.24) is 0 Å². The minimum atomic E-state index is -0.0779. The van der Waals surface area contributed by atoms with Crippen LogP contribution in [0.2, 0.25) is 0 Å². The Morgan fingerprint density at radius 2 is 1.94 bits per heavy atom. The van der Waals surface area contributed by atoms with Gasteiger partial charge in [-0.2, -0.15) is 0 Å². The Labute approximate surface area is 116 Å². The zero-order valence-electron chi connectivity index (χ0n) is 11.9. The van der Waals surface area contributed by atoms with E-state index in [4.69, 9.17) is 18.0 Å². The van der Waals surface area contributed by atoms with E-state index < -0.39 is 0 Å². The van der Waals surface area contributed by atoms with E-state index in [2.05, 4.69) is 56.9 Å². The van der Waals surface area contributed by atoms with Crippen LogP contribution in [-0.4, -0.2) is 18.1 Å². The molecule has 0 saturated carbocycles. The van der Waals surface area contributed by atoms with Crippen LogP contribution in [0.5, 0.6) is 0 Å². The molecule has 0 aliphatic carbocycles. The molecule has 1 rings (SSSR count). The summed E-state index contributed by atoms with van der Waals surface area (Å²) in [7, 11) is 0. The van der Waals surface area contributed by atoms with Gasteiger partial charge in [-0.05, 0) is 31.9 Å². The first-order chi connectivity index (χ1) is 8.38. The van der Waals surface area contributed by atoms with Crippen molar-refractivity contribution >= 4 is 22.9 Å². The third-order valence-electron chi connectivity index (χ3n) is 3.51. The van der Waals surface area contributed by atoms with Crippen LogP contribution in [0.4, 0.5) is 5.69 Å². The normalized spacial score (nSPS) is 11.3. The zero-order chi connectivity index (χ0) is 13.8. The van der Waals surface area contributed by atoms with E-state index in [1.165, 1.54) is 11.3 Å². The molecule has 1 aromatic rings. The molecule has 0 aliphatic heterocycles. The lowest BCUT2D eigenvalue weighted by molar-refractivity contribution is 0.477. The van der Waals surface area contributed by atoms with Crippen LogP contribution in [0.25, 0.3) is 0 Å². The lowest BCUT2D eigenvalue weighted by Crippen LogP contribution is -2.35. The summed E-state index contributed by atoms with van der Waals surface area (Å²) in [6.45, 7) is 10.5. The molecule has 0 aromatic heterocycles. The third-order valence-corrected chi connectivity index (χ3v) is 4.06. The van der Waals surface area contributed by atoms with Crippen LogP contribution in [0.3, 0.4) is 0 Å². The molecule has 0 unspecified atom stereocenters. The number of nitrogens with two attached hydrogens (primary N) is 1. The van der Waals surface area contributed by atoms with Gasteiger partial charge < -0.3 is 10.6 Å². The second-order valence-corrected chi connectivity index (χ2v) is 5.80. The first-order valence-corrected chi connectivity index (χ1v) is 6.90. The predicted molar refractivity (Wildman–Crippen MR) is 84.2 cm³/mol. The summed E-state index contributed by atoms with van der Waals surface area (Å²) in [6, 6.07) is 8.48. The number of anilines is 1. The summed E-state index contributed by atoms with van der Waals surface area (Å²) in [5.41, 5.74) is 8.32. The standard InChI is InChI=1S/C15H24N2S/c1-5-17(11-10-15(3,4)14(16)18)13-9-7-6-8-12(13)2/h6-9H,5,10-11H2,1-4H3,(H2,16,18). The van der Waals surface area contributed by atoms with E-state index in [1.807, 2.05) is 0 Å². The van der Waals surface area contributed by atoms with Gasteiger partial charge in [0, 0.05) is 24.2 Å². The largest absolute Gasteiger partial charge is 0.393 e. The maximum Gasteiger partial charge on any atom is 0.0785 e. The molecule has 0 fully saturated rings. The van der Waals surface area contributed by atoms with Gasteiger partial charge >= 0.3 is 0 Å². The maximum absolute atomic E-state index is 5.78. The van der Waals surface area contributed by atoms with Crippen molar-refractivity contribution in [3.05, 3.63) is 29.8 Å². The predicted octanol–water partition coefficient (Wildman–Crippen LogP) is 3.52. The highest BCUT2D eigenvalue weighted by molar-refractivity contribution is 7.80. The van der Waals surface area contributed by atoms with Crippen molar-refractivity contribution in [2.24, 2.45) is 11.1 Å². The Morgan fingerprint density at radius 3 is 2.44 bits per heavy atom. The first kappa shape index (κ1) is 15.0. The van der Waals surface area contributed by atoms with Crippen LogP contribution < -0.4 is 10.6 Å². The van der Waals surface area contributed by atoms with Crippen molar-refractivity contribution in [3.8, 4) is 0 Å². The molecule has 0 atom stereocenters. The molecule has 1 aromatic carbocycles. The number of thiocarbonyl (C=S) groups is 1. The molecule has 0 amide bonds. The van der Waals surface area contributed by atoms with Crippen molar-refractivity contribution in [3.63, 3.8) is 0 Å². The monoisotopic (exact) mass is 264 g/mol. The summed E-state index contributed by atoms with van der Waals surface area (Å²) in [5.74, 6) is 0. The maximum atomic E-state index is 5.78. The van der Waals surface area contributed by atoms with Crippen molar-refractivity contribution in [1.29, 1.82) is 0 Å². The van der Waals surface area contributed by atoms with Crippen LogP contribution >= 0.6 is 12.2 Å². The van der Waals surface area contributed by atoms with E-state index in [9.17, 15) is 0 Å². The molecule has 0 heterocycles. The smallest absolute Gasteiger partial charge is 0.0785 e. The van der Waals surface area contributed by atoms with E-state index in [0.717, 1.165) is 19.5 Å². The van der Waals surface area contributed by atoms with E-state index in [1.54, 1.807) is 0 Å². The lowest BCUT2D eigenvalue weighted by atomic mass is 9.89. The number of hydrogen-bond donors (Lipinski definition) is 1. The van der Waals surface area contributed by atoms with Gasteiger partial charge in [0.05, 0.1) is 4.99 Å². The fourth-order valence-electron chi connectivity index (χ4n) is 1.90. The van der Waals surface area contributed by atoms with Crippen LogP contribution in [0.1, 0.15) is 32.8 Å². The van der Waals surface area contributed by atoms with Gasteiger partial charge in [0.2, 0.25) is 0 Å². The number of hydrogen-bond acceptors (Lipinski definition) is 2. The molecule has 0 aliphatic rings. The quantitative estimate of drug-likeness (QED) is 0.797. The van der Waals surface area contributed by atoms with Crippen molar-refractivity contribution in [2.75, 3.05) is 18.0 Å². The van der Waals surface area contributed by atoms with Crippen LogP contribution in [0, 0.1) is 12.3 Å². The minimum Gasteiger partial charge on any atom is -0.393 e. The topological polar surface area (TPSA) is 29.3 Å². The molecule has 0 spiro atoms. The van der Waals surface area contributed by atoms with Crippen molar-refractivity contribution in [2.45, 2.75) is 34.1 Å². The average molecular weight is 264 g/mol. The Hall–Kier alpha value is -1.09. The number of aryl methyl sites for hydroxylation is 1. The Kier molecular flexibility index (Phi) is 5.15. The van der Waals surface area contributed by atoms with Crippen molar-refractivity contribution < 1.29 is 0 Å². The Bertz CT molecular complexity index is 413. The van der Waals surface area contributed by atoms with Gasteiger partial charge in [0.15, 0.2) is 0 Å². The summed E-state index contributed by atoms with van der Waals surface area (Å²) >= 11 is 5.12. The fourth-order valence-corrected chi connectivity index (χ4v) is 2.01. The van der Waals surface area contributed by atoms with E-state index in [0.29, 0.717) is 4.99 Å². The third kappa shape index (κ3) is 3.70. The molecule has 2 nitrogen and oxygen atoms in total. The number of nitrogens with zero attached hydrogens (tertiary/aromatic N) is 1. The fraction of sp³-hybridized carbons (Fsp3) is 0.533. The van der Waals surface area contributed by atoms with Gasteiger partial charge in [0.1, 0.15) is 0 Å². The molecule has 0 bridgehead atoms. The second-order valence-electron chi connectivity index (χ2n) is 5.36. The summed E-state index contributed by atoms with van der Waals surface area (Å²) < 4.78 is 0. The Balaban J connectivity index is 2.75. The zero-order valence-corrected chi connectivity index (χ0v) is 12.7. The molecular weight excluding hydrogens is 240 g/mol. The highest BCUT2D eigenvalue weighted by Crippen LogP contribution is 2.24. The molecule has 0 saturated heterocycles. The molecule has 3 heteroatoms. The van der Waals surface area contributed by atoms with Gasteiger partial charge in [-0.1, -0.05) is 44.3 Å². The SMILES string of the molecule is CCN(CCC(C)(C)C(N)=S)c1ccccc1C. The first-order valence-electron chi connectivity index (χ1n) is 6.49. The van der Waals surface area contributed by atoms with Gasteiger partial charge in [0.25, 0.3) is 0 Å². The van der Waals surface area contributed by atoms with Gasteiger partial charge in [-0.15, -0.1) is 0 Å². The van der Waals surface area contributed by atoms with Gasteiger partial charge in [-0.3, -0.25) is 0 Å². The molecule has 100 valence electrons. The van der Waals surface area contributed by atoms with Crippen LogP contribution in [0.15, 0.2) is 24.3 Å².